The number of ether oxygens (including phenoxy) is 2. The number of nitrogens with two attached hydrogens (primary N) is 1. The molecule has 0 saturated carbocycles. The Balaban J connectivity index is 3.13. The number of amides is 1. The van der Waals surface area contributed by atoms with Crippen molar-refractivity contribution in [2.45, 2.75) is 13.8 Å². The number of amidine groups is 1. The molecule has 4 N–H and O–H groups in total. The maximum absolute atomic E-state index is 12.3. The molecule has 1 aromatic carbocycles. The van der Waals surface area contributed by atoms with Crippen molar-refractivity contribution in [1.82, 2.24) is 0 Å². The molecule has 8 heteroatoms. The van der Waals surface area contributed by atoms with Crippen LogP contribution in [0, 0.1) is 5.41 Å². The zero-order chi connectivity index (χ0) is 16.2. The zero-order valence-electron chi connectivity index (χ0n) is 12.2. The molecular formula is C13H18ClN3O4. The number of anilines is 1. The highest BCUT2D eigenvalue weighted by molar-refractivity contribution is 6.32. The molecule has 0 atom stereocenters. The normalized spacial score (nSPS) is 12.0. The Labute approximate surface area is 127 Å². The van der Waals surface area contributed by atoms with Gasteiger partial charge in [-0.3, -0.25) is 4.79 Å². The van der Waals surface area contributed by atoms with Crippen molar-refractivity contribution in [3.05, 3.63) is 17.2 Å². The third kappa shape index (κ3) is 3.49. The first-order valence-electron chi connectivity index (χ1n) is 5.98. The summed E-state index contributed by atoms with van der Waals surface area (Å²) in [6.07, 6.45) is 0. The van der Waals surface area contributed by atoms with Crippen molar-refractivity contribution in [3.8, 4) is 11.5 Å². The molecule has 0 spiro atoms. The lowest BCUT2D eigenvalue weighted by molar-refractivity contribution is -0.121. The lowest BCUT2D eigenvalue weighted by Gasteiger charge is -2.22. The van der Waals surface area contributed by atoms with Crippen molar-refractivity contribution in [2.24, 2.45) is 16.3 Å². The summed E-state index contributed by atoms with van der Waals surface area (Å²) in [5.74, 6) is 0.109. The highest BCUT2D eigenvalue weighted by Crippen LogP contribution is 2.36. The first-order chi connectivity index (χ1) is 9.77. The largest absolute Gasteiger partial charge is 0.495 e. The fourth-order valence-electron chi connectivity index (χ4n) is 1.48. The quantitative estimate of drug-likeness (QED) is 0.334. The minimum atomic E-state index is -1.20. The molecule has 0 saturated heterocycles. The van der Waals surface area contributed by atoms with Crippen molar-refractivity contribution < 1.29 is 19.5 Å². The topological polar surface area (TPSA) is 106 Å². The van der Waals surface area contributed by atoms with Crippen LogP contribution in [-0.4, -0.2) is 31.2 Å². The highest BCUT2D eigenvalue weighted by atomic mass is 35.5. The van der Waals surface area contributed by atoms with Gasteiger partial charge in [-0.05, 0) is 19.9 Å². The number of halogens is 1. The van der Waals surface area contributed by atoms with Gasteiger partial charge in [0.25, 0.3) is 0 Å². The van der Waals surface area contributed by atoms with Crippen LogP contribution in [0.15, 0.2) is 17.3 Å². The number of rotatable bonds is 5. The van der Waals surface area contributed by atoms with Crippen LogP contribution in [0.4, 0.5) is 5.69 Å². The van der Waals surface area contributed by atoms with Crippen LogP contribution in [0.2, 0.25) is 5.02 Å². The van der Waals surface area contributed by atoms with E-state index in [1.807, 2.05) is 0 Å². The molecule has 0 aliphatic heterocycles. The summed E-state index contributed by atoms with van der Waals surface area (Å²) in [7, 11) is 2.92. The van der Waals surface area contributed by atoms with Crippen molar-refractivity contribution in [2.75, 3.05) is 19.5 Å². The zero-order valence-corrected chi connectivity index (χ0v) is 13.0. The SMILES string of the molecule is COc1cc(OC)c(NC(=O)C(C)(C)C(N)=NO)cc1Cl. The third-order valence-corrected chi connectivity index (χ3v) is 3.33. The smallest absolute Gasteiger partial charge is 0.237 e. The van der Waals surface area contributed by atoms with Crippen LogP contribution >= 0.6 is 11.6 Å². The fraction of sp³-hybridized carbons (Fsp3) is 0.385. The number of benzene rings is 1. The molecule has 0 unspecified atom stereocenters. The lowest BCUT2D eigenvalue weighted by Crippen LogP contribution is -2.42. The molecule has 0 radical (unpaired) electrons. The molecule has 0 aliphatic carbocycles. The molecule has 1 amide bonds. The minimum Gasteiger partial charge on any atom is -0.495 e. The van der Waals surface area contributed by atoms with E-state index in [2.05, 4.69) is 10.5 Å². The average molecular weight is 316 g/mol. The van der Waals surface area contributed by atoms with Gasteiger partial charge in [0.15, 0.2) is 5.84 Å². The Hall–Kier alpha value is -2.15. The molecule has 0 aliphatic rings. The number of nitrogens with one attached hydrogen (secondary N) is 1. The summed E-state index contributed by atoms with van der Waals surface area (Å²) in [5, 5.41) is 14.5. The molecule has 0 heterocycles. The Morgan fingerprint density at radius 3 is 2.38 bits per heavy atom. The second-order valence-electron chi connectivity index (χ2n) is 4.75. The van der Waals surface area contributed by atoms with E-state index in [4.69, 9.17) is 32.0 Å². The number of hydrogen-bond donors (Lipinski definition) is 3. The van der Waals surface area contributed by atoms with Gasteiger partial charge in [-0.25, -0.2) is 0 Å². The molecule has 0 bridgehead atoms. The van der Waals surface area contributed by atoms with Gasteiger partial charge in [0.05, 0.1) is 24.9 Å². The van der Waals surface area contributed by atoms with Crippen LogP contribution in [0.1, 0.15) is 13.8 Å². The van der Waals surface area contributed by atoms with Gasteiger partial charge in [-0.2, -0.15) is 0 Å². The van der Waals surface area contributed by atoms with Gasteiger partial charge in [0.2, 0.25) is 5.91 Å². The molecule has 0 aromatic heterocycles. The van der Waals surface area contributed by atoms with Gasteiger partial charge >= 0.3 is 0 Å². The van der Waals surface area contributed by atoms with Crippen LogP contribution in [-0.2, 0) is 4.79 Å². The Bertz CT molecular complexity index is 573. The van der Waals surface area contributed by atoms with E-state index in [1.165, 1.54) is 34.1 Å². The fourth-order valence-corrected chi connectivity index (χ4v) is 1.72. The molecule has 116 valence electrons. The van der Waals surface area contributed by atoms with Crippen LogP contribution < -0.4 is 20.5 Å². The molecule has 21 heavy (non-hydrogen) atoms. The van der Waals surface area contributed by atoms with E-state index < -0.39 is 11.3 Å². The first-order valence-corrected chi connectivity index (χ1v) is 6.36. The number of nitrogens with zero attached hydrogens (tertiary/aromatic N) is 1. The molecule has 1 aromatic rings. The lowest BCUT2D eigenvalue weighted by atomic mass is 9.91. The van der Waals surface area contributed by atoms with Crippen molar-refractivity contribution in [1.29, 1.82) is 0 Å². The van der Waals surface area contributed by atoms with Crippen LogP contribution in [0.25, 0.3) is 0 Å². The summed E-state index contributed by atoms with van der Waals surface area (Å²) in [6, 6.07) is 3.05. The summed E-state index contributed by atoms with van der Waals surface area (Å²) in [4.78, 5) is 12.3. The first kappa shape index (κ1) is 16.9. The summed E-state index contributed by atoms with van der Waals surface area (Å²) < 4.78 is 10.3. The Morgan fingerprint density at radius 1 is 1.33 bits per heavy atom. The Morgan fingerprint density at radius 2 is 1.90 bits per heavy atom. The van der Waals surface area contributed by atoms with Gasteiger partial charge in [0.1, 0.15) is 16.9 Å². The maximum atomic E-state index is 12.3. The van der Waals surface area contributed by atoms with E-state index in [0.29, 0.717) is 22.2 Å². The second kappa shape index (κ2) is 6.53. The van der Waals surface area contributed by atoms with E-state index in [9.17, 15) is 4.79 Å². The Kier molecular flexibility index (Phi) is 5.26. The number of carbonyl (C=O) groups excluding carboxylic acids is 1. The predicted octanol–water partition coefficient (Wildman–Crippen LogP) is 2.07. The van der Waals surface area contributed by atoms with Crippen LogP contribution in [0.5, 0.6) is 11.5 Å². The summed E-state index contributed by atoms with van der Waals surface area (Å²) >= 11 is 6.03. The molecular weight excluding hydrogens is 298 g/mol. The summed E-state index contributed by atoms with van der Waals surface area (Å²) in [5.41, 5.74) is 4.66. The van der Waals surface area contributed by atoms with Crippen molar-refractivity contribution >= 4 is 29.0 Å². The van der Waals surface area contributed by atoms with Gasteiger partial charge in [0, 0.05) is 6.07 Å². The van der Waals surface area contributed by atoms with Crippen LogP contribution in [0.3, 0.4) is 0 Å². The van der Waals surface area contributed by atoms with Crippen molar-refractivity contribution in [3.63, 3.8) is 0 Å². The molecule has 0 fully saturated rings. The minimum absolute atomic E-state index is 0.210. The second-order valence-corrected chi connectivity index (χ2v) is 5.16. The summed E-state index contributed by atoms with van der Waals surface area (Å²) in [6.45, 7) is 3.05. The van der Waals surface area contributed by atoms with E-state index in [-0.39, 0.29) is 5.84 Å². The molecule has 1 rings (SSSR count). The van der Waals surface area contributed by atoms with Gasteiger partial charge in [-0.1, -0.05) is 16.8 Å². The van der Waals surface area contributed by atoms with E-state index >= 15 is 0 Å². The number of hydrogen-bond acceptors (Lipinski definition) is 5. The average Bonchev–Trinajstić information content (AvgIpc) is 2.46. The number of carbonyl (C=O) groups is 1. The monoisotopic (exact) mass is 315 g/mol. The van der Waals surface area contributed by atoms with E-state index in [0.717, 1.165) is 0 Å². The maximum Gasteiger partial charge on any atom is 0.237 e. The standard InChI is InChI=1S/C13H18ClN3O4/c1-13(2,11(15)17-19)12(18)16-8-5-7(14)9(20-3)6-10(8)21-4/h5-6,19H,1-4H3,(H2,15,17)(H,16,18). The van der Waals surface area contributed by atoms with Gasteiger partial charge in [-0.15, -0.1) is 0 Å². The number of methoxy groups -OCH3 is 2. The van der Waals surface area contributed by atoms with E-state index in [1.54, 1.807) is 6.07 Å². The highest BCUT2D eigenvalue weighted by Gasteiger charge is 2.33. The predicted molar refractivity (Wildman–Crippen MR) is 80.4 cm³/mol. The van der Waals surface area contributed by atoms with Gasteiger partial charge < -0.3 is 25.7 Å². The number of oxime groups is 1. The third-order valence-electron chi connectivity index (χ3n) is 3.04. The molecule has 7 nitrogen and oxygen atoms in total.